The summed E-state index contributed by atoms with van der Waals surface area (Å²) in [6.45, 7) is 9.10. The summed E-state index contributed by atoms with van der Waals surface area (Å²) in [4.78, 5) is 0. The standard InChI is InChI=1S/C15H24BrNO2/c1-11(2)17-10-12-9-13(16)5-6-14(12)19-8-7-15(3,4)18/h5-6,9,11,17-18H,7-8,10H2,1-4H3. The van der Waals surface area contributed by atoms with Crippen molar-refractivity contribution in [2.24, 2.45) is 0 Å². The van der Waals surface area contributed by atoms with E-state index in [2.05, 4.69) is 41.2 Å². The molecule has 0 fully saturated rings. The SMILES string of the molecule is CC(C)NCc1cc(Br)ccc1OCCC(C)(C)O. The van der Waals surface area contributed by atoms with Crippen molar-refractivity contribution in [1.82, 2.24) is 5.32 Å². The molecule has 0 atom stereocenters. The number of benzene rings is 1. The molecule has 0 spiro atoms. The molecule has 4 heteroatoms. The molecule has 0 radical (unpaired) electrons. The summed E-state index contributed by atoms with van der Waals surface area (Å²) in [7, 11) is 0. The fraction of sp³-hybridized carbons (Fsp3) is 0.600. The molecule has 0 aliphatic heterocycles. The summed E-state index contributed by atoms with van der Waals surface area (Å²) in [6, 6.07) is 6.43. The van der Waals surface area contributed by atoms with Crippen LogP contribution in [0.5, 0.6) is 5.75 Å². The molecule has 0 aliphatic rings. The van der Waals surface area contributed by atoms with Crippen molar-refractivity contribution >= 4 is 15.9 Å². The molecule has 0 aromatic heterocycles. The quantitative estimate of drug-likeness (QED) is 0.804. The Labute approximate surface area is 124 Å². The number of rotatable bonds is 7. The third-order valence-electron chi connectivity index (χ3n) is 2.69. The molecule has 108 valence electrons. The maximum atomic E-state index is 9.69. The Morgan fingerprint density at radius 2 is 2.05 bits per heavy atom. The van der Waals surface area contributed by atoms with E-state index in [-0.39, 0.29) is 0 Å². The van der Waals surface area contributed by atoms with Gasteiger partial charge in [-0.1, -0.05) is 29.8 Å². The average molecular weight is 330 g/mol. The lowest BCUT2D eigenvalue weighted by atomic mass is 10.1. The molecule has 0 amide bonds. The molecule has 3 nitrogen and oxygen atoms in total. The molecule has 1 aromatic carbocycles. The van der Waals surface area contributed by atoms with E-state index < -0.39 is 5.60 Å². The van der Waals surface area contributed by atoms with Gasteiger partial charge >= 0.3 is 0 Å². The second-order valence-electron chi connectivity index (χ2n) is 5.70. The summed E-state index contributed by atoms with van der Waals surface area (Å²) in [5.41, 5.74) is 0.435. The fourth-order valence-corrected chi connectivity index (χ4v) is 1.96. The third kappa shape index (κ3) is 6.95. The van der Waals surface area contributed by atoms with E-state index in [4.69, 9.17) is 4.74 Å². The maximum Gasteiger partial charge on any atom is 0.123 e. The van der Waals surface area contributed by atoms with Gasteiger partial charge in [0.1, 0.15) is 5.75 Å². The normalized spacial score (nSPS) is 11.9. The first-order chi connectivity index (χ1) is 8.78. The molecule has 0 aliphatic carbocycles. The molecule has 0 saturated carbocycles. The van der Waals surface area contributed by atoms with Crippen molar-refractivity contribution in [2.75, 3.05) is 6.61 Å². The van der Waals surface area contributed by atoms with Gasteiger partial charge in [0, 0.05) is 29.0 Å². The molecule has 19 heavy (non-hydrogen) atoms. The molecular weight excluding hydrogens is 306 g/mol. The molecule has 1 rings (SSSR count). The first kappa shape index (κ1) is 16.5. The Balaban J connectivity index is 2.65. The summed E-state index contributed by atoms with van der Waals surface area (Å²) in [5, 5.41) is 13.1. The third-order valence-corrected chi connectivity index (χ3v) is 3.19. The largest absolute Gasteiger partial charge is 0.493 e. The Morgan fingerprint density at radius 1 is 1.37 bits per heavy atom. The topological polar surface area (TPSA) is 41.5 Å². The van der Waals surface area contributed by atoms with Gasteiger partial charge < -0.3 is 15.2 Å². The van der Waals surface area contributed by atoms with Crippen molar-refractivity contribution < 1.29 is 9.84 Å². The van der Waals surface area contributed by atoms with Crippen LogP contribution < -0.4 is 10.1 Å². The van der Waals surface area contributed by atoms with Crippen molar-refractivity contribution in [1.29, 1.82) is 0 Å². The van der Waals surface area contributed by atoms with Gasteiger partial charge in [-0.3, -0.25) is 0 Å². The highest BCUT2D eigenvalue weighted by atomic mass is 79.9. The van der Waals surface area contributed by atoms with Crippen LogP contribution in [0.3, 0.4) is 0 Å². The second kappa shape index (κ2) is 7.27. The van der Waals surface area contributed by atoms with Gasteiger partial charge in [-0.25, -0.2) is 0 Å². The lowest BCUT2D eigenvalue weighted by Gasteiger charge is -2.19. The van der Waals surface area contributed by atoms with E-state index >= 15 is 0 Å². The van der Waals surface area contributed by atoms with E-state index in [1.54, 1.807) is 13.8 Å². The summed E-state index contributed by atoms with van der Waals surface area (Å²) >= 11 is 3.48. The van der Waals surface area contributed by atoms with E-state index in [1.165, 1.54) is 0 Å². The van der Waals surface area contributed by atoms with Crippen LogP contribution >= 0.6 is 15.9 Å². The van der Waals surface area contributed by atoms with Gasteiger partial charge in [0.05, 0.1) is 12.2 Å². The van der Waals surface area contributed by atoms with Gasteiger partial charge in [-0.05, 0) is 32.0 Å². The van der Waals surface area contributed by atoms with Gasteiger partial charge in [0.2, 0.25) is 0 Å². The molecule has 0 unspecified atom stereocenters. The van der Waals surface area contributed by atoms with Crippen LogP contribution in [0.2, 0.25) is 0 Å². The zero-order valence-corrected chi connectivity index (χ0v) is 13.8. The van der Waals surface area contributed by atoms with Crippen LogP contribution in [0.1, 0.15) is 39.7 Å². The summed E-state index contributed by atoms with van der Waals surface area (Å²) < 4.78 is 6.82. The van der Waals surface area contributed by atoms with Crippen molar-refractivity contribution in [3.05, 3.63) is 28.2 Å². The predicted octanol–water partition coefficient (Wildman–Crippen LogP) is 3.49. The number of hydrogen-bond donors (Lipinski definition) is 2. The minimum Gasteiger partial charge on any atom is -0.493 e. The van der Waals surface area contributed by atoms with Gasteiger partial charge in [0.15, 0.2) is 0 Å². The van der Waals surface area contributed by atoms with Crippen molar-refractivity contribution in [3.63, 3.8) is 0 Å². The van der Waals surface area contributed by atoms with Crippen molar-refractivity contribution in [2.45, 2.75) is 52.3 Å². The molecule has 2 N–H and O–H groups in total. The molecular formula is C15H24BrNO2. The molecule has 0 saturated heterocycles. The minimum atomic E-state index is -0.689. The van der Waals surface area contributed by atoms with E-state index in [1.807, 2.05) is 12.1 Å². The highest BCUT2D eigenvalue weighted by molar-refractivity contribution is 9.10. The molecule has 0 bridgehead atoms. The number of aliphatic hydroxyl groups is 1. The maximum absolute atomic E-state index is 9.69. The van der Waals surface area contributed by atoms with E-state index in [0.717, 1.165) is 22.3 Å². The highest BCUT2D eigenvalue weighted by Crippen LogP contribution is 2.24. The van der Waals surface area contributed by atoms with Gasteiger partial charge in [-0.15, -0.1) is 0 Å². The summed E-state index contributed by atoms with van der Waals surface area (Å²) in [5.74, 6) is 0.876. The average Bonchev–Trinajstić information content (AvgIpc) is 2.27. The van der Waals surface area contributed by atoms with Crippen LogP contribution in [-0.2, 0) is 6.54 Å². The molecule has 1 aromatic rings. The van der Waals surface area contributed by atoms with Crippen LogP contribution in [0.4, 0.5) is 0 Å². The number of halogens is 1. The highest BCUT2D eigenvalue weighted by Gasteiger charge is 2.13. The van der Waals surface area contributed by atoms with Crippen LogP contribution in [-0.4, -0.2) is 23.4 Å². The van der Waals surface area contributed by atoms with Gasteiger partial charge in [0.25, 0.3) is 0 Å². The van der Waals surface area contributed by atoms with E-state index in [0.29, 0.717) is 19.1 Å². The predicted molar refractivity (Wildman–Crippen MR) is 82.5 cm³/mol. The fourth-order valence-electron chi connectivity index (χ4n) is 1.55. The lowest BCUT2D eigenvalue weighted by Crippen LogP contribution is -2.23. The monoisotopic (exact) mass is 329 g/mol. The number of hydrogen-bond acceptors (Lipinski definition) is 3. The zero-order chi connectivity index (χ0) is 14.5. The minimum absolute atomic E-state index is 0.434. The summed E-state index contributed by atoms with van der Waals surface area (Å²) in [6.07, 6.45) is 0.611. The Kier molecular flexibility index (Phi) is 6.30. The second-order valence-corrected chi connectivity index (χ2v) is 6.61. The Bertz CT molecular complexity index is 400. The Morgan fingerprint density at radius 3 is 2.63 bits per heavy atom. The van der Waals surface area contributed by atoms with Crippen LogP contribution in [0.25, 0.3) is 0 Å². The number of nitrogens with one attached hydrogen (secondary N) is 1. The van der Waals surface area contributed by atoms with Gasteiger partial charge in [-0.2, -0.15) is 0 Å². The van der Waals surface area contributed by atoms with Crippen LogP contribution in [0.15, 0.2) is 22.7 Å². The van der Waals surface area contributed by atoms with E-state index in [9.17, 15) is 5.11 Å². The van der Waals surface area contributed by atoms with Crippen LogP contribution in [0, 0.1) is 0 Å². The smallest absolute Gasteiger partial charge is 0.123 e. The first-order valence-electron chi connectivity index (χ1n) is 6.65. The Hall–Kier alpha value is -0.580. The lowest BCUT2D eigenvalue weighted by molar-refractivity contribution is 0.0552. The molecule has 0 heterocycles. The zero-order valence-electron chi connectivity index (χ0n) is 12.2. The number of ether oxygens (including phenoxy) is 1. The van der Waals surface area contributed by atoms with Crippen molar-refractivity contribution in [3.8, 4) is 5.75 Å². The first-order valence-corrected chi connectivity index (χ1v) is 7.44.